The average molecular weight is 233 g/mol. The lowest BCUT2D eigenvalue weighted by Crippen LogP contribution is -2.04. The van der Waals surface area contributed by atoms with Gasteiger partial charge in [-0.1, -0.05) is 0 Å². The summed E-state index contributed by atoms with van der Waals surface area (Å²) in [5.74, 6) is -0.559. The Labute approximate surface area is 99.1 Å². The van der Waals surface area contributed by atoms with Gasteiger partial charge in [-0.05, 0) is 37.6 Å². The highest BCUT2D eigenvalue weighted by Crippen LogP contribution is 2.24. The van der Waals surface area contributed by atoms with E-state index >= 15 is 0 Å². The number of fused-ring (bicyclic) bond motifs is 1. The van der Waals surface area contributed by atoms with E-state index in [2.05, 4.69) is 4.57 Å². The highest BCUT2D eigenvalue weighted by Gasteiger charge is 2.09. The molecule has 1 aromatic carbocycles. The lowest BCUT2D eigenvalue weighted by Gasteiger charge is -2.06. The fourth-order valence-corrected chi connectivity index (χ4v) is 2.13. The van der Waals surface area contributed by atoms with Crippen LogP contribution in [0.25, 0.3) is 10.9 Å². The van der Waals surface area contributed by atoms with Gasteiger partial charge in [-0.3, -0.25) is 4.79 Å². The number of benzene rings is 1. The number of hydrogen-bond acceptors (Lipinski definition) is 2. The number of aliphatic carboxylic acids is 1. The largest absolute Gasteiger partial charge is 0.508 e. The molecule has 0 spiro atoms. The van der Waals surface area contributed by atoms with Crippen molar-refractivity contribution < 1.29 is 15.0 Å². The molecular weight excluding hydrogens is 218 g/mol. The van der Waals surface area contributed by atoms with E-state index < -0.39 is 5.97 Å². The highest BCUT2D eigenvalue weighted by atomic mass is 16.4. The van der Waals surface area contributed by atoms with Crippen LogP contribution < -0.4 is 0 Å². The molecule has 0 saturated carbocycles. The molecule has 0 bridgehead atoms. The van der Waals surface area contributed by atoms with Crippen LogP contribution in [0.3, 0.4) is 0 Å². The monoisotopic (exact) mass is 233 g/mol. The molecule has 1 heterocycles. The van der Waals surface area contributed by atoms with Gasteiger partial charge in [0.1, 0.15) is 5.75 Å². The van der Waals surface area contributed by atoms with Crippen LogP contribution in [0, 0.1) is 0 Å². The molecule has 2 rings (SSSR count). The van der Waals surface area contributed by atoms with Gasteiger partial charge in [0.05, 0.1) is 6.42 Å². The number of hydrogen-bond donors (Lipinski definition) is 2. The predicted octanol–water partition coefficient (Wildman–Crippen LogP) is 2.38. The first-order chi connectivity index (χ1) is 8.11. The average Bonchev–Trinajstić information content (AvgIpc) is 2.62. The zero-order valence-electron chi connectivity index (χ0n) is 9.68. The number of carboxylic acids is 1. The molecule has 0 aliphatic carbocycles. The third-order valence-electron chi connectivity index (χ3n) is 2.88. The van der Waals surface area contributed by atoms with Gasteiger partial charge in [-0.25, -0.2) is 0 Å². The SMILES string of the molecule is CCn1c(CCC(=O)O)cc2cc(O)ccc21. The minimum atomic E-state index is -0.791. The van der Waals surface area contributed by atoms with Crippen LogP contribution in [0.2, 0.25) is 0 Å². The molecule has 0 aliphatic heterocycles. The first-order valence-corrected chi connectivity index (χ1v) is 5.64. The summed E-state index contributed by atoms with van der Waals surface area (Å²) in [4.78, 5) is 10.6. The van der Waals surface area contributed by atoms with E-state index in [1.54, 1.807) is 12.1 Å². The van der Waals surface area contributed by atoms with Crippen LogP contribution in [0.15, 0.2) is 24.3 Å². The van der Waals surface area contributed by atoms with E-state index in [9.17, 15) is 9.90 Å². The minimum Gasteiger partial charge on any atom is -0.508 e. The molecule has 0 radical (unpaired) electrons. The summed E-state index contributed by atoms with van der Waals surface area (Å²) >= 11 is 0. The van der Waals surface area contributed by atoms with Crippen LogP contribution in [-0.4, -0.2) is 20.7 Å². The summed E-state index contributed by atoms with van der Waals surface area (Å²) in [5.41, 5.74) is 2.03. The quantitative estimate of drug-likeness (QED) is 0.852. The van der Waals surface area contributed by atoms with Gasteiger partial charge in [-0.15, -0.1) is 0 Å². The number of aromatic nitrogens is 1. The third-order valence-corrected chi connectivity index (χ3v) is 2.88. The summed E-state index contributed by atoms with van der Waals surface area (Å²) < 4.78 is 2.08. The van der Waals surface area contributed by atoms with Crippen molar-refractivity contribution in [1.29, 1.82) is 0 Å². The number of aromatic hydroxyl groups is 1. The van der Waals surface area contributed by atoms with Crippen LogP contribution in [0.4, 0.5) is 0 Å². The Bertz CT molecular complexity index is 557. The van der Waals surface area contributed by atoms with Crippen molar-refractivity contribution in [3.8, 4) is 5.75 Å². The number of carbonyl (C=O) groups is 1. The smallest absolute Gasteiger partial charge is 0.303 e. The Balaban J connectivity index is 2.44. The summed E-state index contributed by atoms with van der Waals surface area (Å²) in [5, 5.41) is 19.1. The fourth-order valence-electron chi connectivity index (χ4n) is 2.13. The molecule has 0 fully saturated rings. The molecular formula is C13H15NO3. The molecule has 0 saturated heterocycles. The van der Waals surface area contributed by atoms with Crippen LogP contribution in [0.1, 0.15) is 19.0 Å². The molecule has 4 heteroatoms. The predicted molar refractivity (Wildman–Crippen MR) is 65.2 cm³/mol. The summed E-state index contributed by atoms with van der Waals surface area (Å²) in [6, 6.07) is 7.15. The lowest BCUT2D eigenvalue weighted by molar-refractivity contribution is -0.136. The molecule has 4 nitrogen and oxygen atoms in total. The molecule has 0 unspecified atom stereocenters. The van der Waals surface area contributed by atoms with Crippen LogP contribution in [-0.2, 0) is 17.8 Å². The third kappa shape index (κ3) is 2.25. The van der Waals surface area contributed by atoms with Gasteiger partial charge in [0.15, 0.2) is 0 Å². The topological polar surface area (TPSA) is 62.5 Å². The lowest BCUT2D eigenvalue weighted by atomic mass is 10.2. The van der Waals surface area contributed by atoms with Crippen molar-refractivity contribution in [2.75, 3.05) is 0 Å². The molecule has 2 aromatic rings. The fraction of sp³-hybridized carbons (Fsp3) is 0.308. The zero-order chi connectivity index (χ0) is 12.4. The second-order valence-corrected chi connectivity index (χ2v) is 4.02. The van der Waals surface area contributed by atoms with E-state index in [-0.39, 0.29) is 12.2 Å². The maximum Gasteiger partial charge on any atom is 0.303 e. The Morgan fingerprint density at radius 1 is 1.35 bits per heavy atom. The molecule has 17 heavy (non-hydrogen) atoms. The molecule has 0 amide bonds. The van der Waals surface area contributed by atoms with E-state index in [0.717, 1.165) is 23.1 Å². The normalized spacial score (nSPS) is 10.9. The number of phenolic OH excluding ortho intramolecular Hbond substituents is 1. The Kier molecular flexibility index (Phi) is 3.04. The van der Waals surface area contributed by atoms with Crippen molar-refractivity contribution >= 4 is 16.9 Å². The van der Waals surface area contributed by atoms with E-state index in [0.29, 0.717) is 6.42 Å². The number of nitrogens with zero attached hydrogens (tertiary/aromatic N) is 1. The summed E-state index contributed by atoms with van der Waals surface area (Å²) in [6.45, 7) is 2.82. The van der Waals surface area contributed by atoms with E-state index in [1.165, 1.54) is 0 Å². The van der Waals surface area contributed by atoms with Crippen molar-refractivity contribution in [3.63, 3.8) is 0 Å². The molecule has 0 atom stereocenters. The highest BCUT2D eigenvalue weighted by molar-refractivity contribution is 5.83. The van der Waals surface area contributed by atoms with Crippen molar-refractivity contribution in [3.05, 3.63) is 30.0 Å². The first kappa shape index (κ1) is 11.5. The summed E-state index contributed by atoms with van der Waals surface area (Å²) in [7, 11) is 0. The molecule has 2 N–H and O–H groups in total. The van der Waals surface area contributed by atoms with Gasteiger partial charge >= 0.3 is 5.97 Å². The second-order valence-electron chi connectivity index (χ2n) is 4.02. The van der Waals surface area contributed by atoms with Crippen molar-refractivity contribution in [2.45, 2.75) is 26.3 Å². The molecule has 1 aromatic heterocycles. The van der Waals surface area contributed by atoms with E-state index in [4.69, 9.17) is 5.11 Å². The maximum absolute atomic E-state index is 10.6. The summed E-state index contributed by atoms with van der Waals surface area (Å²) in [6.07, 6.45) is 0.640. The standard InChI is InChI=1S/C13H15NO3/c1-2-14-10(3-6-13(16)17)7-9-8-11(15)4-5-12(9)14/h4-5,7-8,15H,2-3,6H2,1H3,(H,16,17). The number of aryl methyl sites for hydroxylation is 2. The minimum absolute atomic E-state index is 0.127. The van der Waals surface area contributed by atoms with Crippen LogP contribution >= 0.6 is 0 Å². The number of carboxylic acid groups (broad SMARTS) is 1. The molecule has 90 valence electrons. The Morgan fingerprint density at radius 2 is 2.12 bits per heavy atom. The van der Waals surface area contributed by atoms with Gasteiger partial charge in [0, 0.05) is 23.1 Å². The van der Waals surface area contributed by atoms with Crippen molar-refractivity contribution in [1.82, 2.24) is 4.57 Å². The number of phenols is 1. The second kappa shape index (κ2) is 4.49. The first-order valence-electron chi connectivity index (χ1n) is 5.64. The number of rotatable bonds is 4. The van der Waals surface area contributed by atoms with Crippen LogP contribution in [0.5, 0.6) is 5.75 Å². The van der Waals surface area contributed by atoms with Crippen molar-refractivity contribution in [2.24, 2.45) is 0 Å². The van der Waals surface area contributed by atoms with Gasteiger partial charge < -0.3 is 14.8 Å². The van der Waals surface area contributed by atoms with E-state index in [1.807, 2.05) is 19.1 Å². The van der Waals surface area contributed by atoms with Gasteiger partial charge in [-0.2, -0.15) is 0 Å². The Morgan fingerprint density at radius 3 is 2.76 bits per heavy atom. The van der Waals surface area contributed by atoms with Gasteiger partial charge in [0.2, 0.25) is 0 Å². The Hall–Kier alpha value is -1.97. The molecule has 0 aliphatic rings. The maximum atomic E-state index is 10.6. The zero-order valence-corrected chi connectivity index (χ0v) is 9.68. The van der Waals surface area contributed by atoms with Gasteiger partial charge in [0.25, 0.3) is 0 Å².